The molecule has 0 aliphatic rings. The van der Waals surface area contributed by atoms with Crippen LogP contribution < -0.4 is 5.14 Å². The molecule has 0 fully saturated rings. The Morgan fingerprint density at radius 3 is 2.16 bits per heavy atom. The average Bonchev–Trinajstić information content (AvgIpc) is 2.31. The summed E-state index contributed by atoms with van der Waals surface area (Å²) in [6.07, 6.45) is 3.44. The molecule has 1 aromatic carbocycles. The third kappa shape index (κ3) is 4.05. The van der Waals surface area contributed by atoms with Crippen LogP contribution in [0.3, 0.4) is 0 Å². The molecule has 2 N–H and O–H groups in total. The Hall–Kier alpha value is -1.38. The molecule has 19 heavy (non-hydrogen) atoms. The summed E-state index contributed by atoms with van der Waals surface area (Å²) >= 11 is 0. The van der Waals surface area contributed by atoms with Gasteiger partial charge >= 0.3 is 0 Å². The van der Waals surface area contributed by atoms with Crippen LogP contribution in [0.4, 0.5) is 0 Å². The topological polar surface area (TPSA) is 84.0 Å². The fraction of sp³-hybridized carbons (Fsp3) is 0.500. The molecule has 0 bridgehead atoms. The van der Waals surface area contributed by atoms with Crippen LogP contribution >= 0.6 is 0 Å². The first-order valence-electron chi connectivity index (χ1n) is 6.48. The van der Waals surface area contributed by atoms with Crippen LogP contribution in [-0.4, -0.2) is 8.42 Å². The van der Waals surface area contributed by atoms with Crippen molar-refractivity contribution in [2.45, 2.75) is 50.8 Å². The minimum Gasteiger partial charge on any atom is -0.225 e. The lowest BCUT2D eigenvalue weighted by molar-refractivity contribution is 0.596. The van der Waals surface area contributed by atoms with Gasteiger partial charge in [-0.3, -0.25) is 0 Å². The van der Waals surface area contributed by atoms with Crippen molar-refractivity contribution in [2.75, 3.05) is 0 Å². The molecule has 0 unspecified atom stereocenters. The van der Waals surface area contributed by atoms with Gasteiger partial charge in [-0.2, -0.15) is 5.26 Å². The second-order valence-corrected chi connectivity index (χ2v) is 6.14. The van der Waals surface area contributed by atoms with Crippen LogP contribution in [0, 0.1) is 11.3 Å². The highest BCUT2D eigenvalue weighted by atomic mass is 32.2. The molecule has 0 heterocycles. The molecule has 0 spiro atoms. The molecular formula is C14H20N2O2S. The van der Waals surface area contributed by atoms with Gasteiger partial charge in [0.2, 0.25) is 10.0 Å². The van der Waals surface area contributed by atoms with E-state index in [0.717, 1.165) is 36.0 Å². The summed E-state index contributed by atoms with van der Waals surface area (Å²) in [5, 5.41) is 14.2. The first kappa shape index (κ1) is 15.7. The first-order valence-corrected chi connectivity index (χ1v) is 8.03. The number of sulfonamides is 1. The number of aryl methyl sites for hydroxylation is 2. The quantitative estimate of drug-likeness (QED) is 0.867. The fourth-order valence-corrected chi connectivity index (χ4v) is 3.03. The number of nitrogens with zero attached hydrogens (tertiary/aromatic N) is 1. The lowest BCUT2D eigenvalue weighted by atomic mass is 9.97. The molecule has 0 atom stereocenters. The van der Waals surface area contributed by atoms with Gasteiger partial charge in [0.1, 0.15) is 0 Å². The molecule has 104 valence electrons. The molecular weight excluding hydrogens is 260 g/mol. The van der Waals surface area contributed by atoms with Crippen LogP contribution in [0.1, 0.15) is 43.4 Å². The second kappa shape index (κ2) is 6.69. The Morgan fingerprint density at radius 1 is 1.11 bits per heavy atom. The number of benzene rings is 1. The molecule has 0 amide bonds. The normalized spacial score (nSPS) is 11.3. The monoisotopic (exact) mass is 280 g/mol. The van der Waals surface area contributed by atoms with E-state index in [1.54, 1.807) is 6.07 Å². The van der Waals surface area contributed by atoms with Crippen molar-refractivity contribution < 1.29 is 8.42 Å². The summed E-state index contributed by atoms with van der Waals surface area (Å²) < 4.78 is 23.3. The van der Waals surface area contributed by atoms with E-state index in [2.05, 4.69) is 6.07 Å². The minimum atomic E-state index is -3.71. The third-order valence-electron chi connectivity index (χ3n) is 3.00. The van der Waals surface area contributed by atoms with Gasteiger partial charge in [0.05, 0.1) is 17.4 Å². The van der Waals surface area contributed by atoms with E-state index < -0.39 is 10.0 Å². The van der Waals surface area contributed by atoms with Crippen molar-refractivity contribution in [1.29, 1.82) is 5.26 Å². The van der Waals surface area contributed by atoms with Gasteiger partial charge in [-0.25, -0.2) is 13.6 Å². The zero-order chi connectivity index (χ0) is 14.5. The Kier molecular flexibility index (Phi) is 5.52. The third-order valence-corrected chi connectivity index (χ3v) is 3.99. The van der Waals surface area contributed by atoms with E-state index in [9.17, 15) is 8.42 Å². The Morgan fingerprint density at radius 2 is 1.68 bits per heavy atom. The Labute approximate surface area is 115 Å². The van der Waals surface area contributed by atoms with Crippen LogP contribution in [0.5, 0.6) is 0 Å². The Balaban J connectivity index is 3.46. The summed E-state index contributed by atoms with van der Waals surface area (Å²) in [6, 6.07) is 5.61. The maximum atomic E-state index is 11.7. The highest BCUT2D eigenvalue weighted by Gasteiger charge is 2.17. The molecule has 5 heteroatoms. The first-order chi connectivity index (χ1) is 8.93. The van der Waals surface area contributed by atoms with Crippen molar-refractivity contribution in [1.82, 2.24) is 0 Å². The van der Waals surface area contributed by atoms with Gasteiger partial charge in [0.25, 0.3) is 0 Å². The predicted octanol–water partition coefficient (Wildman–Crippen LogP) is 2.31. The number of primary sulfonamides is 1. The number of nitriles is 1. The van der Waals surface area contributed by atoms with Crippen LogP contribution in [0.25, 0.3) is 0 Å². The molecule has 0 radical (unpaired) electrons. The average molecular weight is 280 g/mol. The van der Waals surface area contributed by atoms with Crippen LogP contribution in [-0.2, 0) is 29.3 Å². The van der Waals surface area contributed by atoms with E-state index in [0.29, 0.717) is 12.8 Å². The van der Waals surface area contributed by atoms with Gasteiger partial charge in [0, 0.05) is 0 Å². The minimum absolute atomic E-state index is 0.208. The highest BCUT2D eigenvalue weighted by Crippen LogP contribution is 2.23. The van der Waals surface area contributed by atoms with Crippen molar-refractivity contribution in [3.63, 3.8) is 0 Å². The van der Waals surface area contributed by atoms with E-state index in [4.69, 9.17) is 10.4 Å². The lowest BCUT2D eigenvalue weighted by Crippen LogP contribution is -2.16. The van der Waals surface area contributed by atoms with Crippen molar-refractivity contribution in [3.05, 3.63) is 28.8 Å². The molecule has 1 rings (SSSR count). The van der Waals surface area contributed by atoms with E-state index in [-0.39, 0.29) is 4.90 Å². The molecule has 0 saturated heterocycles. The molecule has 0 saturated carbocycles. The van der Waals surface area contributed by atoms with E-state index in [1.165, 1.54) is 0 Å². The zero-order valence-corrected chi connectivity index (χ0v) is 12.3. The van der Waals surface area contributed by atoms with Gasteiger partial charge in [-0.05, 0) is 35.6 Å². The predicted molar refractivity (Wildman–Crippen MR) is 75.1 cm³/mol. The lowest BCUT2D eigenvalue weighted by Gasteiger charge is -2.13. The summed E-state index contributed by atoms with van der Waals surface area (Å²) in [5.74, 6) is 0. The van der Waals surface area contributed by atoms with Gasteiger partial charge in [0.15, 0.2) is 0 Å². The molecule has 0 aliphatic heterocycles. The highest BCUT2D eigenvalue weighted by molar-refractivity contribution is 7.89. The number of hydrogen-bond donors (Lipinski definition) is 1. The van der Waals surface area contributed by atoms with Crippen molar-refractivity contribution in [2.24, 2.45) is 5.14 Å². The second-order valence-electron chi connectivity index (χ2n) is 4.61. The van der Waals surface area contributed by atoms with E-state index >= 15 is 0 Å². The number of rotatable bonds is 6. The summed E-state index contributed by atoms with van der Waals surface area (Å²) in [5.41, 5.74) is 2.54. The van der Waals surface area contributed by atoms with Crippen molar-refractivity contribution >= 4 is 10.0 Å². The van der Waals surface area contributed by atoms with Gasteiger partial charge < -0.3 is 0 Å². The molecule has 1 aromatic rings. The molecule has 0 aromatic heterocycles. The zero-order valence-electron chi connectivity index (χ0n) is 11.4. The number of hydrogen-bond acceptors (Lipinski definition) is 3. The van der Waals surface area contributed by atoms with Crippen molar-refractivity contribution in [3.8, 4) is 6.07 Å². The maximum absolute atomic E-state index is 11.7. The van der Waals surface area contributed by atoms with Gasteiger partial charge in [-0.1, -0.05) is 32.8 Å². The molecule has 0 aliphatic carbocycles. The summed E-state index contributed by atoms with van der Waals surface area (Å²) in [7, 11) is -3.71. The smallest absolute Gasteiger partial charge is 0.225 e. The Bertz CT molecular complexity index is 586. The fourth-order valence-electron chi connectivity index (χ4n) is 2.20. The SMILES string of the molecule is CCCc1cc(S(N)(=O)=O)c(CCC)cc1CC#N. The largest absolute Gasteiger partial charge is 0.238 e. The molecule has 4 nitrogen and oxygen atoms in total. The summed E-state index contributed by atoms with van der Waals surface area (Å²) in [4.78, 5) is 0.208. The van der Waals surface area contributed by atoms with Crippen LogP contribution in [0.2, 0.25) is 0 Å². The standard InChI is InChI=1S/C14H20N2O2S/c1-3-5-11-10-14(19(16,17)18)13(6-4-2)9-12(11)7-8-15/h9-10H,3-7H2,1-2H3,(H2,16,17,18). The number of nitrogens with two attached hydrogens (primary N) is 1. The maximum Gasteiger partial charge on any atom is 0.238 e. The van der Waals surface area contributed by atoms with Gasteiger partial charge in [-0.15, -0.1) is 0 Å². The summed E-state index contributed by atoms with van der Waals surface area (Å²) in [6.45, 7) is 4.00. The van der Waals surface area contributed by atoms with E-state index in [1.807, 2.05) is 19.9 Å². The van der Waals surface area contributed by atoms with Crippen LogP contribution in [0.15, 0.2) is 17.0 Å².